The van der Waals surface area contributed by atoms with Gasteiger partial charge in [0, 0.05) is 25.2 Å². The number of morpholine rings is 1. The Morgan fingerprint density at radius 3 is 2.71 bits per heavy atom. The van der Waals surface area contributed by atoms with E-state index in [9.17, 15) is 9.59 Å². The van der Waals surface area contributed by atoms with E-state index >= 15 is 0 Å². The fourth-order valence-electron chi connectivity index (χ4n) is 3.12. The second-order valence-electron chi connectivity index (χ2n) is 6.47. The summed E-state index contributed by atoms with van der Waals surface area (Å²) in [7, 11) is 0. The van der Waals surface area contributed by atoms with Crippen molar-refractivity contribution in [2.24, 2.45) is 0 Å². The van der Waals surface area contributed by atoms with Crippen molar-refractivity contribution in [3.05, 3.63) is 24.3 Å². The molecule has 0 aromatic heterocycles. The molecule has 6 heteroatoms. The summed E-state index contributed by atoms with van der Waals surface area (Å²) >= 11 is 0. The Balaban J connectivity index is 1.54. The molecule has 2 saturated heterocycles. The molecule has 130 valence electrons. The van der Waals surface area contributed by atoms with Crippen molar-refractivity contribution in [3.8, 4) is 5.75 Å². The minimum Gasteiger partial charge on any atom is -0.484 e. The predicted molar refractivity (Wildman–Crippen MR) is 90.1 cm³/mol. The summed E-state index contributed by atoms with van der Waals surface area (Å²) < 4.78 is 11.2. The number of ether oxygens (including phenoxy) is 2. The van der Waals surface area contributed by atoms with Crippen molar-refractivity contribution in [2.45, 2.75) is 38.8 Å². The lowest BCUT2D eigenvalue weighted by Gasteiger charge is -2.36. The van der Waals surface area contributed by atoms with E-state index in [-0.39, 0.29) is 30.6 Å². The van der Waals surface area contributed by atoms with Gasteiger partial charge in [-0.15, -0.1) is 0 Å². The molecule has 0 saturated carbocycles. The standard InChI is InChI=1S/C18H24N2O4/c1-13-11-23-14(2)10-20(13)18(22)12-24-16-7-5-15(6-8-16)19-9-3-4-17(19)21/h5-8,13-14H,3-4,9-12H2,1-2H3. The highest BCUT2D eigenvalue weighted by Gasteiger charge is 2.27. The molecule has 24 heavy (non-hydrogen) atoms. The fourth-order valence-corrected chi connectivity index (χ4v) is 3.12. The van der Waals surface area contributed by atoms with Gasteiger partial charge in [-0.1, -0.05) is 0 Å². The Morgan fingerprint density at radius 1 is 1.29 bits per heavy atom. The van der Waals surface area contributed by atoms with Crippen LogP contribution in [0.5, 0.6) is 5.75 Å². The summed E-state index contributed by atoms with van der Waals surface area (Å²) in [5.74, 6) is 0.762. The van der Waals surface area contributed by atoms with Crippen LogP contribution < -0.4 is 9.64 Å². The van der Waals surface area contributed by atoms with Gasteiger partial charge < -0.3 is 19.3 Å². The summed E-state index contributed by atoms with van der Waals surface area (Å²) in [4.78, 5) is 27.7. The summed E-state index contributed by atoms with van der Waals surface area (Å²) in [5.41, 5.74) is 0.881. The second kappa shape index (κ2) is 7.21. The molecule has 2 atom stereocenters. The van der Waals surface area contributed by atoms with Crippen LogP contribution >= 0.6 is 0 Å². The minimum absolute atomic E-state index is 0.0129. The quantitative estimate of drug-likeness (QED) is 0.844. The summed E-state index contributed by atoms with van der Waals surface area (Å²) in [6.45, 7) is 5.88. The van der Waals surface area contributed by atoms with Gasteiger partial charge >= 0.3 is 0 Å². The summed E-state index contributed by atoms with van der Waals surface area (Å²) in [5, 5.41) is 0. The highest BCUT2D eigenvalue weighted by atomic mass is 16.5. The van der Waals surface area contributed by atoms with E-state index in [0.717, 1.165) is 18.7 Å². The van der Waals surface area contributed by atoms with Crippen molar-refractivity contribution >= 4 is 17.5 Å². The van der Waals surface area contributed by atoms with E-state index in [2.05, 4.69) is 0 Å². The van der Waals surface area contributed by atoms with Gasteiger partial charge in [0.05, 0.1) is 18.8 Å². The number of hydrogen-bond donors (Lipinski definition) is 0. The number of amides is 2. The van der Waals surface area contributed by atoms with Gasteiger partial charge in [0.1, 0.15) is 5.75 Å². The molecule has 3 rings (SSSR count). The van der Waals surface area contributed by atoms with E-state index in [1.807, 2.05) is 30.9 Å². The molecule has 0 N–H and O–H groups in total. The van der Waals surface area contributed by atoms with Gasteiger partial charge in [-0.3, -0.25) is 9.59 Å². The molecule has 0 radical (unpaired) electrons. The molecule has 6 nitrogen and oxygen atoms in total. The third kappa shape index (κ3) is 3.70. The van der Waals surface area contributed by atoms with Gasteiger partial charge in [0.2, 0.25) is 5.91 Å². The lowest BCUT2D eigenvalue weighted by molar-refractivity contribution is -0.145. The number of nitrogens with zero attached hydrogens (tertiary/aromatic N) is 2. The lowest BCUT2D eigenvalue weighted by Crippen LogP contribution is -2.51. The van der Waals surface area contributed by atoms with Crippen molar-refractivity contribution in [2.75, 3.05) is 31.2 Å². The van der Waals surface area contributed by atoms with E-state index in [4.69, 9.17) is 9.47 Å². The van der Waals surface area contributed by atoms with Crippen LogP contribution in [0.3, 0.4) is 0 Å². The second-order valence-corrected chi connectivity index (χ2v) is 6.47. The number of benzene rings is 1. The normalized spacial score (nSPS) is 24.3. The smallest absolute Gasteiger partial charge is 0.260 e. The predicted octanol–water partition coefficient (Wildman–Crippen LogP) is 1.83. The maximum Gasteiger partial charge on any atom is 0.260 e. The first-order valence-electron chi connectivity index (χ1n) is 8.49. The van der Waals surface area contributed by atoms with Crippen LogP contribution in [0.4, 0.5) is 5.69 Å². The molecular weight excluding hydrogens is 308 g/mol. The Hall–Kier alpha value is -2.08. The highest BCUT2D eigenvalue weighted by molar-refractivity contribution is 5.95. The van der Waals surface area contributed by atoms with E-state index in [1.165, 1.54) is 0 Å². The molecule has 2 unspecified atom stereocenters. The zero-order chi connectivity index (χ0) is 17.1. The Kier molecular flexibility index (Phi) is 5.04. The van der Waals surface area contributed by atoms with Crippen LogP contribution in [-0.4, -0.2) is 55.2 Å². The van der Waals surface area contributed by atoms with Gasteiger partial charge in [-0.2, -0.15) is 0 Å². The van der Waals surface area contributed by atoms with Crippen LogP contribution in [0.25, 0.3) is 0 Å². The Labute approximate surface area is 142 Å². The molecule has 2 aliphatic rings. The largest absolute Gasteiger partial charge is 0.484 e. The molecule has 2 heterocycles. The van der Waals surface area contributed by atoms with Gasteiger partial charge in [-0.05, 0) is 44.5 Å². The van der Waals surface area contributed by atoms with Crippen LogP contribution in [0.2, 0.25) is 0 Å². The van der Waals surface area contributed by atoms with Crippen molar-refractivity contribution < 1.29 is 19.1 Å². The van der Waals surface area contributed by atoms with Gasteiger partial charge in [-0.25, -0.2) is 0 Å². The molecule has 1 aromatic rings. The van der Waals surface area contributed by atoms with E-state index < -0.39 is 0 Å². The summed E-state index contributed by atoms with van der Waals surface area (Å²) in [6.07, 6.45) is 1.58. The van der Waals surface area contributed by atoms with Crippen molar-refractivity contribution in [3.63, 3.8) is 0 Å². The average Bonchev–Trinajstić information content (AvgIpc) is 3.01. The van der Waals surface area contributed by atoms with Gasteiger partial charge in [0.15, 0.2) is 6.61 Å². The van der Waals surface area contributed by atoms with Crippen molar-refractivity contribution in [1.29, 1.82) is 0 Å². The number of anilines is 1. The number of hydrogen-bond acceptors (Lipinski definition) is 4. The molecule has 0 spiro atoms. The zero-order valence-corrected chi connectivity index (χ0v) is 14.2. The topological polar surface area (TPSA) is 59.1 Å². The van der Waals surface area contributed by atoms with E-state index in [1.54, 1.807) is 17.0 Å². The maximum atomic E-state index is 12.3. The van der Waals surface area contributed by atoms with Crippen molar-refractivity contribution in [1.82, 2.24) is 4.90 Å². The molecule has 2 aliphatic heterocycles. The number of rotatable bonds is 4. The van der Waals surface area contributed by atoms with Crippen LogP contribution in [0, 0.1) is 0 Å². The van der Waals surface area contributed by atoms with Crippen LogP contribution in [-0.2, 0) is 14.3 Å². The monoisotopic (exact) mass is 332 g/mol. The SMILES string of the molecule is CC1CN(C(=O)COc2ccc(N3CCCC3=O)cc2)C(C)CO1. The van der Waals surface area contributed by atoms with Crippen LogP contribution in [0.15, 0.2) is 24.3 Å². The average molecular weight is 332 g/mol. The molecule has 2 amide bonds. The van der Waals surface area contributed by atoms with Gasteiger partial charge in [0.25, 0.3) is 5.91 Å². The first-order chi connectivity index (χ1) is 11.5. The molecule has 2 fully saturated rings. The summed E-state index contributed by atoms with van der Waals surface area (Å²) in [6, 6.07) is 7.41. The number of carbonyl (C=O) groups excluding carboxylic acids is 2. The minimum atomic E-state index is -0.0311. The molecular formula is C18H24N2O4. The van der Waals surface area contributed by atoms with Crippen LogP contribution in [0.1, 0.15) is 26.7 Å². The third-order valence-electron chi connectivity index (χ3n) is 4.51. The first kappa shape index (κ1) is 16.8. The zero-order valence-electron chi connectivity index (χ0n) is 14.2. The Morgan fingerprint density at radius 2 is 2.04 bits per heavy atom. The maximum absolute atomic E-state index is 12.3. The number of carbonyl (C=O) groups is 2. The van der Waals surface area contributed by atoms with E-state index in [0.29, 0.717) is 25.3 Å². The fraction of sp³-hybridized carbons (Fsp3) is 0.556. The first-order valence-corrected chi connectivity index (χ1v) is 8.49. The molecule has 0 bridgehead atoms. The third-order valence-corrected chi connectivity index (χ3v) is 4.51. The molecule has 1 aromatic carbocycles. The Bertz CT molecular complexity index is 602. The highest BCUT2D eigenvalue weighted by Crippen LogP contribution is 2.24. The lowest BCUT2D eigenvalue weighted by atomic mass is 10.2. The molecule has 0 aliphatic carbocycles.